The van der Waals surface area contributed by atoms with Crippen molar-refractivity contribution in [3.05, 3.63) is 36.5 Å². The van der Waals surface area contributed by atoms with E-state index in [0.29, 0.717) is 12.1 Å². The lowest BCUT2D eigenvalue weighted by atomic mass is 10.1. The Kier molecular flexibility index (Phi) is 8.88. The van der Waals surface area contributed by atoms with E-state index in [9.17, 15) is 4.79 Å². The maximum absolute atomic E-state index is 11.5. The summed E-state index contributed by atoms with van der Waals surface area (Å²) in [5, 5.41) is 2.73. The largest absolute Gasteiger partial charge is 0.373 e. The van der Waals surface area contributed by atoms with Crippen molar-refractivity contribution in [1.29, 1.82) is 0 Å². The summed E-state index contributed by atoms with van der Waals surface area (Å²) in [6.07, 6.45) is 6.70. The number of methoxy groups -OCH3 is 2. The lowest BCUT2D eigenvalue weighted by Crippen LogP contribution is -2.24. The van der Waals surface area contributed by atoms with Crippen molar-refractivity contribution in [3.8, 4) is 0 Å². The third-order valence-corrected chi connectivity index (χ3v) is 2.38. The van der Waals surface area contributed by atoms with E-state index in [2.05, 4.69) is 11.9 Å². The monoisotopic (exact) mass is 253 g/mol. The second-order valence-corrected chi connectivity index (χ2v) is 3.73. The molecule has 0 aliphatic heterocycles. The van der Waals surface area contributed by atoms with Crippen LogP contribution in [-0.2, 0) is 14.3 Å². The van der Waals surface area contributed by atoms with E-state index < -0.39 is 0 Å². The predicted molar refractivity (Wildman–Crippen MR) is 73.4 cm³/mol. The summed E-state index contributed by atoms with van der Waals surface area (Å²) in [5.74, 6) is -0.0834. The van der Waals surface area contributed by atoms with Gasteiger partial charge >= 0.3 is 0 Å². The first-order valence-electron chi connectivity index (χ1n) is 5.92. The van der Waals surface area contributed by atoms with E-state index in [1.165, 1.54) is 0 Å². The molecule has 0 aromatic heterocycles. The molecule has 1 amide bonds. The van der Waals surface area contributed by atoms with Crippen LogP contribution >= 0.6 is 0 Å². The number of hydrogen-bond donors (Lipinski definition) is 1. The average molecular weight is 253 g/mol. The highest BCUT2D eigenvalue weighted by Gasteiger charge is 2.06. The SMILES string of the molecule is C=CC(C=CC(/C=C(\C)C(=O)NCC)OC)OC. The molecule has 0 saturated carbocycles. The highest BCUT2D eigenvalue weighted by Crippen LogP contribution is 2.04. The molecule has 4 heteroatoms. The van der Waals surface area contributed by atoms with Gasteiger partial charge in [-0.25, -0.2) is 0 Å². The lowest BCUT2D eigenvalue weighted by Gasteiger charge is -2.10. The van der Waals surface area contributed by atoms with Crippen LogP contribution in [0.1, 0.15) is 13.8 Å². The van der Waals surface area contributed by atoms with E-state index in [4.69, 9.17) is 9.47 Å². The molecule has 4 nitrogen and oxygen atoms in total. The minimum Gasteiger partial charge on any atom is -0.373 e. The van der Waals surface area contributed by atoms with Crippen molar-refractivity contribution in [2.24, 2.45) is 0 Å². The molecule has 0 spiro atoms. The molecule has 0 heterocycles. The van der Waals surface area contributed by atoms with Crippen molar-refractivity contribution in [1.82, 2.24) is 5.32 Å². The molecule has 0 aliphatic rings. The smallest absolute Gasteiger partial charge is 0.246 e. The van der Waals surface area contributed by atoms with Crippen LogP contribution in [0.2, 0.25) is 0 Å². The summed E-state index contributed by atoms with van der Waals surface area (Å²) in [6.45, 7) is 7.90. The second-order valence-electron chi connectivity index (χ2n) is 3.73. The molecule has 102 valence electrons. The molecule has 0 radical (unpaired) electrons. The highest BCUT2D eigenvalue weighted by molar-refractivity contribution is 5.92. The number of rotatable bonds is 8. The summed E-state index contributed by atoms with van der Waals surface area (Å²) in [6, 6.07) is 0. The molecule has 0 aromatic rings. The number of amides is 1. The van der Waals surface area contributed by atoms with Crippen LogP contribution in [0.3, 0.4) is 0 Å². The van der Waals surface area contributed by atoms with Crippen molar-refractivity contribution in [2.45, 2.75) is 26.1 Å². The van der Waals surface area contributed by atoms with Crippen LogP contribution in [0.25, 0.3) is 0 Å². The van der Waals surface area contributed by atoms with Crippen molar-refractivity contribution < 1.29 is 14.3 Å². The Morgan fingerprint density at radius 3 is 2.28 bits per heavy atom. The van der Waals surface area contributed by atoms with E-state index in [1.54, 1.807) is 33.3 Å². The summed E-state index contributed by atoms with van der Waals surface area (Å²) >= 11 is 0. The molecule has 0 rings (SSSR count). The number of carbonyl (C=O) groups excluding carboxylic acids is 1. The van der Waals surface area contributed by atoms with E-state index >= 15 is 0 Å². The molecule has 2 unspecified atom stereocenters. The summed E-state index contributed by atoms with van der Waals surface area (Å²) < 4.78 is 10.4. The van der Waals surface area contributed by atoms with Crippen molar-refractivity contribution >= 4 is 5.91 Å². The molecule has 1 N–H and O–H groups in total. The Morgan fingerprint density at radius 1 is 1.28 bits per heavy atom. The van der Waals surface area contributed by atoms with Crippen LogP contribution in [0, 0.1) is 0 Å². The van der Waals surface area contributed by atoms with Crippen molar-refractivity contribution in [3.63, 3.8) is 0 Å². The molecule has 18 heavy (non-hydrogen) atoms. The molecule has 0 bridgehead atoms. The fourth-order valence-electron chi connectivity index (χ4n) is 1.30. The number of carbonyl (C=O) groups is 1. The summed E-state index contributed by atoms with van der Waals surface area (Å²) in [7, 11) is 3.19. The Balaban J connectivity index is 4.63. The Bertz CT molecular complexity index is 321. The lowest BCUT2D eigenvalue weighted by molar-refractivity contribution is -0.117. The molecule has 0 aliphatic carbocycles. The maximum Gasteiger partial charge on any atom is 0.246 e. The van der Waals surface area contributed by atoms with Gasteiger partial charge in [0.15, 0.2) is 0 Å². The van der Waals surface area contributed by atoms with E-state index in [1.807, 2.05) is 19.1 Å². The fourth-order valence-corrected chi connectivity index (χ4v) is 1.30. The van der Waals surface area contributed by atoms with Crippen LogP contribution in [0.4, 0.5) is 0 Å². The van der Waals surface area contributed by atoms with Gasteiger partial charge < -0.3 is 14.8 Å². The normalized spacial score (nSPS) is 15.4. The van der Waals surface area contributed by atoms with Gasteiger partial charge in [-0.3, -0.25) is 4.79 Å². The molecule has 0 saturated heterocycles. The molecular weight excluding hydrogens is 230 g/mol. The fraction of sp³-hybridized carbons (Fsp3) is 0.500. The van der Waals surface area contributed by atoms with Crippen LogP contribution in [-0.4, -0.2) is 38.9 Å². The standard InChI is InChI=1S/C14H23NO3/c1-6-12(17-4)8-9-13(18-5)10-11(3)14(16)15-7-2/h6,8-10,12-13H,1,7H2,2-5H3,(H,15,16)/b9-8?,11-10+. The van der Waals surface area contributed by atoms with E-state index in [0.717, 1.165) is 0 Å². The van der Waals surface area contributed by atoms with Crippen molar-refractivity contribution in [2.75, 3.05) is 20.8 Å². The van der Waals surface area contributed by atoms with E-state index in [-0.39, 0.29) is 18.1 Å². The van der Waals surface area contributed by atoms with Gasteiger partial charge in [-0.2, -0.15) is 0 Å². The van der Waals surface area contributed by atoms with Gasteiger partial charge in [0.05, 0.1) is 12.2 Å². The minimum atomic E-state index is -0.259. The van der Waals surface area contributed by atoms with Gasteiger partial charge in [-0.05, 0) is 19.9 Å². The van der Waals surface area contributed by atoms with Gasteiger partial charge in [0, 0.05) is 26.3 Å². The average Bonchev–Trinajstić information content (AvgIpc) is 2.38. The minimum absolute atomic E-state index is 0.0834. The topological polar surface area (TPSA) is 47.6 Å². The zero-order chi connectivity index (χ0) is 14.0. The molecule has 2 atom stereocenters. The number of hydrogen-bond acceptors (Lipinski definition) is 3. The van der Waals surface area contributed by atoms with Crippen LogP contribution in [0.5, 0.6) is 0 Å². The van der Waals surface area contributed by atoms with Crippen LogP contribution in [0.15, 0.2) is 36.5 Å². The second kappa shape index (κ2) is 9.62. The number of ether oxygens (including phenoxy) is 2. The van der Waals surface area contributed by atoms with Crippen LogP contribution < -0.4 is 5.32 Å². The number of nitrogens with one attached hydrogen (secondary N) is 1. The first-order valence-corrected chi connectivity index (χ1v) is 5.92. The third kappa shape index (κ3) is 6.37. The maximum atomic E-state index is 11.5. The van der Waals surface area contributed by atoms with Gasteiger partial charge in [0.2, 0.25) is 5.91 Å². The number of likely N-dealkylation sites (N-methyl/N-ethyl adjacent to an activating group) is 1. The molecular formula is C14H23NO3. The molecule has 0 aromatic carbocycles. The van der Waals surface area contributed by atoms with Gasteiger partial charge in [0.1, 0.15) is 0 Å². The first-order chi connectivity index (χ1) is 8.58. The van der Waals surface area contributed by atoms with Gasteiger partial charge in [-0.15, -0.1) is 6.58 Å². The third-order valence-electron chi connectivity index (χ3n) is 2.38. The quantitative estimate of drug-likeness (QED) is 0.530. The summed E-state index contributed by atoms with van der Waals surface area (Å²) in [5.41, 5.74) is 0.626. The Labute approximate surface area is 109 Å². The Hall–Kier alpha value is -1.39. The molecule has 0 fully saturated rings. The summed E-state index contributed by atoms with van der Waals surface area (Å²) in [4.78, 5) is 11.5. The highest BCUT2D eigenvalue weighted by atomic mass is 16.5. The first kappa shape index (κ1) is 16.6. The van der Waals surface area contributed by atoms with Gasteiger partial charge in [-0.1, -0.05) is 18.2 Å². The zero-order valence-corrected chi connectivity index (χ0v) is 11.6. The van der Waals surface area contributed by atoms with Gasteiger partial charge in [0.25, 0.3) is 0 Å². The predicted octanol–water partition coefficient (Wildman–Crippen LogP) is 1.84. The Morgan fingerprint density at radius 2 is 1.83 bits per heavy atom. The zero-order valence-electron chi connectivity index (χ0n) is 11.6.